The quantitative estimate of drug-likeness (QED) is 0.785. The van der Waals surface area contributed by atoms with Gasteiger partial charge in [0.05, 0.1) is 0 Å². The lowest BCUT2D eigenvalue weighted by molar-refractivity contribution is 0.461. The van der Waals surface area contributed by atoms with Crippen LogP contribution in [0.3, 0.4) is 0 Å². The number of aromatic nitrogens is 3. The first-order chi connectivity index (χ1) is 7.83. The van der Waals surface area contributed by atoms with Crippen LogP contribution in [0.25, 0.3) is 5.65 Å². The molecule has 0 amide bonds. The van der Waals surface area contributed by atoms with E-state index < -0.39 is 0 Å². The fraction of sp³-hybridized carbons (Fsp3) is 0.500. The molecule has 1 aliphatic heterocycles. The molecule has 1 aliphatic rings. The lowest BCUT2D eigenvalue weighted by atomic mass is 9.92. The Morgan fingerprint density at radius 1 is 1.50 bits per heavy atom. The first kappa shape index (κ1) is 9.78. The van der Waals surface area contributed by atoms with Crippen molar-refractivity contribution < 1.29 is 0 Å². The Labute approximate surface area is 94.7 Å². The highest BCUT2D eigenvalue weighted by Crippen LogP contribution is 2.23. The number of nitrogens with one attached hydrogen (secondary N) is 1. The van der Waals surface area contributed by atoms with E-state index in [1.807, 2.05) is 17.6 Å². The van der Waals surface area contributed by atoms with Gasteiger partial charge in [-0.05, 0) is 49.9 Å². The second-order valence-corrected chi connectivity index (χ2v) is 4.47. The fourth-order valence-corrected chi connectivity index (χ4v) is 2.40. The fourth-order valence-electron chi connectivity index (χ4n) is 2.40. The molecule has 3 heterocycles. The zero-order chi connectivity index (χ0) is 11.0. The minimum absolute atomic E-state index is 0.635. The number of rotatable bonds is 1. The minimum atomic E-state index is 0.635. The van der Waals surface area contributed by atoms with Crippen LogP contribution in [-0.2, 0) is 0 Å². The molecular formula is C12H16N4. The smallest absolute Gasteiger partial charge is 0.155 e. The van der Waals surface area contributed by atoms with E-state index in [1.54, 1.807) is 0 Å². The number of hydrogen-bond acceptors (Lipinski definition) is 3. The standard InChI is InChI=1S/C12H16N4/c1-9-14-12-7-10(4-6-16(12)15-9)11-3-2-5-13-8-11/h4,6-7,11,13H,2-3,5,8H2,1H3. The van der Waals surface area contributed by atoms with Gasteiger partial charge in [0.1, 0.15) is 5.82 Å². The van der Waals surface area contributed by atoms with E-state index in [0.717, 1.165) is 24.6 Å². The van der Waals surface area contributed by atoms with E-state index in [4.69, 9.17) is 0 Å². The monoisotopic (exact) mass is 216 g/mol. The molecule has 4 nitrogen and oxygen atoms in total. The summed E-state index contributed by atoms with van der Waals surface area (Å²) in [5, 5.41) is 7.73. The van der Waals surface area contributed by atoms with Gasteiger partial charge in [0.2, 0.25) is 0 Å². The third-order valence-corrected chi connectivity index (χ3v) is 3.24. The van der Waals surface area contributed by atoms with Crippen LogP contribution < -0.4 is 5.32 Å². The molecule has 3 rings (SSSR count). The number of hydrogen-bond donors (Lipinski definition) is 1. The van der Waals surface area contributed by atoms with Crippen LogP contribution in [0.4, 0.5) is 0 Å². The van der Waals surface area contributed by atoms with Gasteiger partial charge in [-0.3, -0.25) is 0 Å². The highest BCUT2D eigenvalue weighted by Gasteiger charge is 2.15. The van der Waals surface area contributed by atoms with E-state index in [9.17, 15) is 0 Å². The molecule has 1 atom stereocenters. The largest absolute Gasteiger partial charge is 0.316 e. The van der Waals surface area contributed by atoms with Gasteiger partial charge in [-0.1, -0.05) is 0 Å². The molecule has 1 N–H and O–H groups in total. The Morgan fingerprint density at radius 2 is 2.44 bits per heavy atom. The van der Waals surface area contributed by atoms with E-state index in [2.05, 4.69) is 27.5 Å². The zero-order valence-electron chi connectivity index (χ0n) is 9.48. The van der Waals surface area contributed by atoms with Gasteiger partial charge in [-0.15, -0.1) is 0 Å². The van der Waals surface area contributed by atoms with Gasteiger partial charge < -0.3 is 5.32 Å². The molecule has 4 heteroatoms. The van der Waals surface area contributed by atoms with Crippen molar-refractivity contribution >= 4 is 5.65 Å². The van der Waals surface area contributed by atoms with Crippen LogP contribution >= 0.6 is 0 Å². The maximum Gasteiger partial charge on any atom is 0.155 e. The third-order valence-electron chi connectivity index (χ3n) is 3.24. The molecule has 2 aromatic heterocycles. The summed E-state index contributed by atoms with van der Waals surface area (Å²) >= 11 is 0. The van der Waals surface area contributed by atoms with Crippen LogP contribution in [-0.4, -0.2) is 27.7 Å². The van der Waals surface area contributed by atoms with Crippen molar-refractivity contribution in [3.63, 3.8) is 0 Å². The van der Waals surface area contributed by atoms with Gasteiger partial charge in [0, 0.05) is 12.7 Å². The predicted molar refractivity (Wildman–Crippen MR) is 62.6 cm³/mol. The molecule has 1 saturated heterocycles. The third kappa shape index (κ3) is 1.69. The maximum absolute atomic E-state index is 4.40. The van der Waals surface area contributed by atoms with E-state index in [-0.39, 0.29) is 0 Å². The van der Waals surface area contributed by atoms with Crippen molar-refractivity contribution in [3.8, 4) is 0 Å². The van der Waals surface area contributed by atoms with E-state index >= 15 is 0 Å². The molecule has 0 aliphatic carbocycles. The summed E-state index contributed by atoms with van der Waals surface area (Å²) in [6.45, 7) is 4.17. The number of piperidine rings is 1. The molecule has 0 spiro atoms. The highest BCUT2D eigenvalue weighted by atomic mass is 15.3. The zero-order valence-corrected chi connectivity index (χ0v) is 9.48. The summed E-state index contributed by atoms with van der Waals surface area (Å²) in [6.07, 6.45) is 4.55. The van der Waals surface area contributed by atoms with Crippen molar-refractivity contribution in [2.45, 2.75) is 25.7 Å². The number of pyridine rings is 1. The van der Waals surface area contributed by atoms with Gasteiger partial charge in [0.15, 0.2) is 5.65 Å². The molecular weight excluding hydrogens is 200 g/mol. The summed E-state index contributed by atoms with van der Waals surface area (Å²) in [6, 6.07) is 4.33. The Balaban J connectivity index is 1.97. The number of fused-ring (bicyclic) bond motifs is 1. The summed E-state index contributed by atoms with van der Waals surface area (Å²) in [5.41, 5.74) is 2.34. The molecule has 16 heavy (non-hydrogen) atoms. The molecule has 0 saturated carbocycles. The topological polar surface area (TPSA) is 42.2 Å². The predicted octanol–water partition coefficient (Wildman–Crippen LogP) is 1.50. The van der Waals surface area contributed by atoms with Crippen LogP contribution in [0.5, 0.6) is 0 Å². The Kier molecular flexibility index (Phi) is 2.36. The lowest BCUT2D eigenvalue weighted by Crippen LogP contribution is -2.28. The van der Waals surface area contributed by atoms with E-state index in [0.29, 0.717) is 5.92 Å². The van der Waals surface area contributed by atoms with Gasteiger partial charge in [-0.2, -0.15) is 5.10 Å². The molecule has 0 aromatic carbocycles. The van der Waals surface area contributed by atoms with Crippen molar-refractivity contribution in [2.24, 2.45) is 0 Å². The minimum Gasteiger partial charge on any atom is -0.316 e. The van der Waals surface area contributed by atoms with Gasteiger partial charge in [0.25, 0.3) is 0 Å². The average molecular weight is 216 g/mol. The summed E-state index contributed by atoms with van der Waals surface area (Å²) < 4.78 is 1.84. The molecule has 84 valence electrons. The van der Waals surface area contributed by atoms with Crippen molar-refractivity contribution in [1.29, 1.82) is 0 Å². The molecule has 1 unspecified atom stereocenters. The SMILES string of the molecule is Cc1nc2cc(C3CCCNC3)ccn2n1. The second kappa shape index (κ2) is 3.87. The Bertz CT molecular complexity index is 497. The average Bonchev–Trinajstić information content (AvgIpc) is 2.69. The maximum atomic E-state index is 4.40. The molecule has 0 radical (unpaired) electrons. The summed E-state index contributed by atoms with van der Waals surface area (Å²) in [7, 11) is 0. The Hall–Kier alpha value is -1.42. The summed E-state index contributed by atoms with van der Waals surface area (Å²) in [4.78, 5) is 4.40. The second-order valence-electron chi connectivity index (χ2n) is 4.47. The van der Waals surface area contributed by atoms with Crippen molar-refractivity contribution in [2.75, 3.05) is 13.1 Å². The first-order valence-electron chi connectivity index (χ1n) is 5.86. The lowest BCUT2D eigenvalue weighted by Gasteiger charge is -2.22. The Morgan fingerprint density at radius 3 is 3.25 bits per heavy atom. The van der Waals surface area contributed by atoms with E-state index in [1.165, 1.54) is 18.4 Å². The van der Waals surface area contributed by atoms with Crippen LogP contribution in [0.1, 0.15) is 30.1 Å². The van der Waals surface area contributed by atoms with Crippen molar-refractivity contribution in [1.82, 2.24) is 19.9 Å². The van der Waals surface area contributed by atoms with Crippen LogP contribution in [0.2, 0.25) is 0 Å². The van der Waals surface area contributed by atoms with Crippen molar-refractivity contribution in [3.05, 3.63) is 29.7 Å². The normalized spacial score (nSPS) is 21.4. The highest BCUT2D eigenvalue weighted by molar-refractivity contribution is 5.41. The number of nitrogens with zero attached hydrogens (tertiary/aromatic N) is 3. The van der Waals surface area contributed by atoms with Crippen LogP contribution in [0.15, 0.2) is 18.3 Å². The molecule has 2 aromatic rings. The summed E-state index contributed by atoms with van der Waals surface area (Å²) in [5.74, 6) is 1.47. The van der Waals surface area contributed by atoms with Crippen LogP contribution in [0, 0.1) is 6.92 Å². The van der Waals surface area contributed by atoms with Gasteiger partial charge >= 0.3 is 0 Å². The first-order valence-corrected chi connectivity index (χ1v) is 5.86. The van der Waals surface area contributed by atoms with Gasteiger partial charge in [-0.25, -0.2) is 9.50 Å². The molecule has 0 bridgehead atoms. The number of aryl methyl sites for hydroxylation is 1. The molecule has 1 fully saturated rings.